The molecule has 1 heterocycles. The van der Waals surface area contributed by atoms with Crippen LogP contribution in [0.4, 0.5) is 0 Å². The number of aromatic nitrogens is 2. The first kappa shape index (κ1) is 26.0. The van der Waals surface area contributed by atoms with Gasteiger partial charge in [0.2, 0.25) is 0 Å². The number of imidazole rings is 1. The molecular weight excluding hydrogens is 520 g/mol. The van der Waals surface area contributed by atoms with E-state index in [1.165, 1.54) is 72.0 Å². The van der Waals surface area contributed by atoms with Gasteiger partial charge in [0.1, 0.15) is 5.82 Å². The summed E-state index contributed by atoms with van der Waals surface area (Å²) in [7, 11) is 0. The van der Waals surface area contributed by atoms with Gasteiger partial charge in [-0.05, 0) is 101 Å². The number of allylic oxidation sites excluding steroid dienone is 9. The fourth-order valence-corrected chi connectivity index (χ4v) is 7.20. The van der Waals surface area contributed by atoms with Crippen LogP contribution in [0, 0.1) is 12.8 Å². The predicted molar refractivity (Wildman–Crippen MR) is 184 cm³/mol. The summed E-state index contributed by atoms with van der Waals surface area (Å²) in [5.41, 5.74) is 11.8. The maximum Gasteiger partial charge on any atom is 0.145 e. The Morgan fingerprint density at radius 3 is 2.33 bits per heavy atom. The van der Waals surface area contributed by atoms with Crippen LogP contribution in [0.15, 0.2) is 109 Å². The second-order valence-corrected chi connectivity index (χ2v) is 12.3. The maximum atomic E-state index is 5.16. The molecule has 210 valence electrons. The summed E-state index contributed by atoms with van der Waals surface area (Å²) in [4.78, 5) is 5.16. The van der Waals surface area contributed by atoms with Gasteiger partial charge in [-0.2, -0.15) is 0 Å². The quantitative estimate of drug-likeness (QED) is 0.201. The topological polar surface area (TPSA) is 17.8 Å². The van der Waals surface area contributed by atoms with Crippen LogP contribution < -0.4 is 0 Å². The average molecular weight is 557 g/mol. The zero-order valence-electron chi connectivity index (χ0n) is 25.0. The standard InChI is InChI=1S/C41H36N2/c1-27-16-19-29(20-17-27)39-33-12-6-7-13-34(33)40(36-26-28(2)18-25-35(36)39)30-21-23-32(24-22-30)43-38-15-9-8-14-37(38)42-41(43)31-10-4-3-5-11-31/h3-7,9-13,15-16,18-21,23,25-27H,8,14,17,22,24H2,1-2H3. The molecule has 1 atom stereocenters. The van der Waals surface area contributed by atoms with E-state index in [4.69, 9.17) is 4.98 Å². The molecule has 43 heavy (non-hydrogen) atoms. The SMILES string of the molecule is Cc1ccc2c(C3=CCC(C)C=C3)c3ccccc3c(C3=CC=C(n4c(-c5ccccc5)nc5c4C=CCC5)CC3)c2c1. The van der Waals surface area contributed by atoms with E-state index in [0.29, 0.717) is 5.92 Å². The van der Waals surface area contributed by atoms with Crippen molar-refractivity contribution in [3.63, 3.8) is 0 Å². The van der Waals surface area contributed by atoms with Crippen LogP contribution in [-0.2, 0) is 6.42 Å². The monoisotopic (exact) mass is 556 g/mol. The molecule has 2 heteroatoms. The summed E-state index contributed by atoms with van der Waals surface area (Å²) in [6.07, 6.45) is 21.6. The van der Waals surface area contributed by atoms with Crippen LogP contribution in [0.5, 0.6) is 0 Å². The van der Waals surface area contributed by atoms with E-state index in [1.807, 2.05) is 0 Å². The summed E-state index contributed by atoms with van der Waals surface area (Å²) < 4.78 is 2.42. The molecule has 0 radical (unpaired) electrons. The number of aryl methyl sites for hydroxylation is 2. The van der Waals surface area contributed by atoms with Crippen molar-refractivity contribution < 1.29 is 0 Å². The summed E-state index contributed by atoms with van der Waals surface area (Å²) in [6.45, 7) is 4.51. The number of benzene rings is 4. The lowest BCUT2D eigenvalue weighted by Crippen LogP contribution is -2.07. The Morgan fingerprint density at radius 1 is 0.767 bits per heavy atom. The van der Waals surface area contributed by atoms with Crippen LogP contribution in [0.3, 0.4) is 0 Å². The molecule has 0 bridgehead atoms. The smallest absolute Gasteiger partial charge is 0.145 e. The second kappa shape index (κ2) is 10.5. The third-order valence-electron chi connectivity index (χ3n) is 9.36. The van der Waals surface area contributed by atoms with E-state index in [0.717, 1.165) is 37.9 Å². The molecule has 1 aromatic heterocycles. The van der Waals surface area contributed by atoms with Gasteiger partial charge in [0, 0.05) is 11.3 Å². The molecule has 3 aliphatic rings. The molecule has 2 nitrogen and oxygen atoms in total. The summed E-state index contributed by atoms with van der Waals surface area (Å²) >= 11 is 0. The molecular formula is C41H36N2. The van der Waals surface area contributed by atoms with Crippen LogP contribution in [0.2, 0.25) is 0 Å². The molecule has 8 rings (SSSR count). The molecule has 1 unspecified atom stereocenters. The van der Waals surface area contributed by atoms with Crippen molar-refractivity contribution in [2.75, 3.05) is 0 Å². The van der Waals surface area contributed by atoms with Crippen LogP contribution >= 0.6 is 0 Å². The first-order valence-corrected chi connectivity index (χ1v) is 15.7. The lowest BCUT2D eigenvalue weighted by molar-refractivity contribution is 0.739. The van der Waals surface area contributed by atoms with Gasteiger partial charge in [-0.3, -0.25) is 4.57 Å². The van der Waals surface area contributed by atoms with Crippen molar-refractivity contribution in [1.29, 1.82) is 0 Å². The molecule has 0 amide bonds. The molecule has 4 aromatic carbocycles. The molecule has 0 N–H and O–H groups in total. The Morgan fingerprint density at radius 2 is 1.56 bits per heavy atom. The first-order valence-electron chi connectivity index (χ1n) is 15.7. The van der Waals surface area contributed by atoms with Gasteiger partial charge < -0.3 is 0 Å². The van der Waals surface area contributed by atoms with Gasteiger partial charge >= 0.3 is 0 Å². The number of hydrogen-bond acceptors (Lipinski definition) is 1. The largest absolute Gasteiger partial charge is 0.296 e. The Bertz CT molecular complexity index is 2060. The Balaban J connectivity index is 1.32. The molecule has 0 spiro atoms. The fourth-order valence-electron chi connectivity index (χ4n) is 7.20. The molecule has 3 aliphatic carbocycles. The number of nitrogens with zero attached hydrogens (tertiary/aromatic N) is 2. The zero-order chi connectivity index (χ0) is 28.9. The minimum Gasteiger partial charge on any atom is -0.296 e. The minimum absolute atomic E-state index is 0.593. The third-order valence-corrected chi connectivity index (χ3v) is 9.36. The van der Waals surface area contributed by atoms with Crippen molar-refractivity contribution in [2.24, 2.45) is 5.92 Å². The lowest BCUT2D eigenvalue weighted by Gasteiger charge is -2.24. The van der Waals surface area contributed by atoms with Crippen molar-refractivity contribution >= 4 is 44.5 Å². The summed E-state index contributed by atoms with van der Waals surface area (Å²) in [6, 6.07) is 26.7. The number of rotatable bonds is 4. The normalized spacial score (nSPS) is 18.0. The summed E-state index contributed by atoms with van der Waals surface area (Å²) in [5.74, 6) is 1.65. The van der Waals surface area contributed by atoms with Gasteiger partial charge in [-0.1, -0.05) is 116 Å². The van der Waals surface area contributed by atoms with Gasteiger partial charge in [-0.25, -0.2) is 4.98 Å². The van der Waals surface area contributed by atoms with Crippen molar-refractivity contribution in [1.82, 2.24) is 9.55 Å². The van der Waals surface area contributed by atoms with Gasteiger partial charge in [0.25, 0.3) is 0 Å². The average Bonchev–Trinajstić information content (AvgIpc) is 3.44. The highest BCUT2D eigenvalue weighted by atomic mass is 15.1. The van der Waals surface area contributed by atoms with Crippen molar-refractivity contribution in [3.05, 3.63) is 137 Å². The lowest BCUT2D eigenvalue weighted by atomic mass is 9.82. The zero-order valence-corrected chi connectivity index (χ0v) is 25.0. The van der Waals surface area contributed by atoms with Crippen LogP contribution in [0.25, 0.3) is 55.9 Å². The Kier molecular flexibility index (Phi) is 6.37. The highest BCUT2D eigenvalue weighted by Crippen LogP contribution is 2.44. The molecule has 5 aromatic rings. The van der Waals surface area contributed by atoms with Gasteiger partial charge in [0.05, 0.1) is 11.4 Å². The molecule has 0 saturated carbocycles. The van der Waals surface area contributed by atoms with Gasteiger partial charge in [0.15, 0.2) is 0 Å². The van der Waals surface area contributed by atoms with E-state index in [2.05, 4.69) is 134 Å². The van der Waals surface area contributed by atoms with Crippen molar-refractivity contribution in [2.45, 2.75) is 46.0 Å². The first-order chi connectivity index (χ1) is 21.2. The van der Waals surface area contributed by atoms with E-state index in [-0.39, 0.29) is 0 Å². The minimum atomic E-state index is 0.593. The van der Waals surface area contributed by atoms with E-state index in [1.54, 1.807) is 0 Å². The summed E-state index contributed by atoms with van der Waals surface area (Å²) in [5, 5.41) is 5.40. The third kappa shape index (κ3) is 4.44. The van der Waals surface area contributed by atoms with E-state index in [9.17, 15) is 0 Å². The number of fused-ring (bicyclic) bond motifs is 3. The molecule has 0 fully saturated rings. The van der Waals surface area contributed by atoms with Crippen LogP contribution in [0.1, 0.15) is 60.7 Å². The highest BCUT2D eigenvalue weighted by molar-refractivity contribution is 6.17. The van der Waals surface area contributed by atoms with Crippen LogP contribution in [-0.4, -0.2) is 9.55 Å². The van der Waals surface area contributed by atoms with E-state index >= 15 is 0 Å². The van der Waals surface area contributed by atoms with Gasteiger partial charge in [-0.15, -0.1) is 0 Å². The van der Waals surface area contributed by atoms with E-state index < -0.39 is 0 Å². The molecule has 0 aliphatic heterocycles. The number of hydrogen-bond donors (Lipinski definition) is 0. The maximum absolute atomic E-state index is 5.16. The van der Waals surface area contributed by atoms with Crippen molar-refractivity contribution in [3.8, 4) is 11.4 Å². The predicted octanol–water partition coefficient (Wildman–Crippen LogP) is 10.8. The second-order valence-electron chi connectivity index (χ2n) is 12.3. The fraction of sp³-hybridized carbons (Fsp3) is 0.195. The Hall–Kier alpha value is -4.69. The highest BCUT2D eigenvalue weighted by Gasteiger charge is 2.24. The molecule has 0 saturated heterocycles. The Labute approximate surface area is 254 Å².